The normalized spacial score (nSPS) is 15.0. The van der Waals surface area contributed by atoms with Crippen molar-refractivity contribution < 1.29 is 19.1 Å². The first-order chi connectivity index (χ1) is 11.5. The number of piperidine rings is 1. The number of nitrogens with zero attached hydrogens (tertiary/aromatic N) is 1. The van der Waals surface area contributed by atoms with E-state index in [0.717, 1.165) is 12.8 Å². The SMILES string of the molecule is COc1cccc(C(=O)NC2CCN(C(=O)CCC(C)=O)CC2)c1. The largest absolute Gasteiger partial charge is 0.497 e. The van der Waals surface area contributed by atoms with Gasteiger partial charge in [0.2, 0.25) is 5.91 Å². The van der Waals surface area contributed by atoms with Crippen molar-refractivity contribution in [3.63, 3.8) is 0 Å². The second-order valence-corrected chi connectivity index (χ2v) is 6.06. The Labute approximate surface area is 142 Å². The van der Waals surface area contributed by atoms with Crippen LogP contribution < -0.4 is 10.1 Å². The smallest absolute Gasteiger partial charge is 0.251 e. The number of Topliss-reactive ketones (excluding diaryl/α,β-unsaturated/α-hetero) is 1. The van der Waals surface area contributed by atoms with Crippen LogP contribution in [0.25, 0.3) is 0 Å². The Bertz CT molecular complexity index is 607. The number of amides is 2. The molecule has 0 spiro atoms. The van der Waals surface area contributed by atoms with Crippen LogP contribution in [0.3, 0.4) is 0 Å². The first-order valence-electron chi connectivity index (χ1n) is 8.21. The van der Waals surface area contributed by atoms with E-state index in [1.165, 1.54) is 6.92 Å². The summed E-state index contributed by atoms with van der Waals surface area (Å²) < 4.78 is 5.13. The molecule has 130 valence electrons. The van der Waals surface area contributed by atoms with E-state index in [1.54, 1.807) is 36.3 Å². The molecule has 1 aliphatic heterocycles. The molecular weight excluding hydrogens is 308 g/mol. The lowest BCUT2D eigenvalue weighted by Crippen LogP contribution is -2.46. The summed E-state index contributed by atoms with van der Waals surface area (Å²) in [5.41, 5.74) is 0.564. The van der Waals surface area contributed by atoms with E-state index < -0.39 is 0 Å². The zero-order chi connectivity index (χ0) is 17.5. The van der Waals surface area contributed by atoms with Crippen molar-refractivity contribution >= 4 is 17.6 Å². The highest BCUT2D eigenvalue weighted by Gasteiger charge is 2.24. The van der Waals surface area contributed by atoms with Crippen molar-refractivity contribution in [1.82, 2.24) is 10.2 Å². The average molecular weight is 332 g/mol. The average Bonchev–Trinajstić information content (AvgIpc) is 2.60. The maximum Gasteiger partial charge on any atom is 0.251 e. The van der Waals surface area contributed by atoms with Gasteiger partial charge in [-0.25, -0.2) is 0 Å². The number of hydrogen-bond donors (Lipinski definition) is 1. The van der Waals surface area contributed by atoms with Gasteiger partial charge in [0.05, 0.1) is 7.11 Å². The molecule has 6 nitrogen and oxygen atoms in total. The molecule has 24 heavy (non-hydrogen) atoms. The van der Waals surface area contributed by atoms with Crippen LogP contribution in [0.2, 0.25) is 0 Å². The summed E-state index contributed by atoms with van der Waals surface area (Å²) in [5.74, 6) is 0.565. The van der Waals surface area contributed by atoms with E-state index in [9.17, 15) is 14.4 Å². The number of ketones is 1. The van der Waals surface area contributed by atoms with Crippen LogP contribution >= 0.6 is 0 Å². The van der Waals surface area contributed by atoms with Gasteiger partial charge in [0.25, 0.3) is 5.91 Å². The Kier molecular flexibility index (Phi) is 6.35. The number of benzene rings is 1. The van der Waals surface area contributed by atoms with E-state index in [4.69, 9.17) is 4.74 Å². The molecule has 1 saturated heterocycles. The third-order valence-corrected chi connectivity index (χ3v) is 4.21. The summed E-state index contributed by atoms with van der Waals surface area (Å²) >= 11 is 0. The van der Waals surface area contributed by atoms with Crippen molar-refractivity contribution in [2.75, 3.05) is 20.2 Å². The number of likely N-dealkylation sites (tertiary alicyclic amines) is 1. The first kappa shape index (κ1) is 18.0. The zero-order valence-electron chi connectivity index (χ0n) is 14.2. The van der Waals surface area contributed by atoms with Crippen LogP contribution in [0.1, 0.15) is 43.0 Å². The van der Waals surface area contributed by atoms with Gasteiger partial charge in [-0.3, -0.25) is 9.59 Å². The molecule has 2 rings (SSSR count). The Morgan fingerprint density at radius 2 is 1.92 bits per heavy atom. The van der Waals surface area contributed by atoms with Gasteiger partial charge in [-0.15, -0.1) is 0 Å². The number of carbonyl (C=O) groups is 3. The van der Waals surface area contributed by atoms with E-state index in [-0.39, 0.29) is 30.1 Å². The summed E-state index contributed by atoms with van der Waals surface area (Å²) in [6.07, 6.45) is 2.02. The lowest BCUT2D eigenvalue weighted by molar-refractivity contribution is -0.133. The zero-order valence-corrected chi connectivity index (χ0v) is 14.2. The van der Waals surface area contributed by atoms with Gasteiger partial charge < -0.3 is 19.7 Å². The molecule has 0 unspecified atom stereocenters. The van der Waals surface area contributed by atoms with Crippen LogP contribution in [0, 0.1) is 0 Å². The van der Waals surface area contributed by atoms with Crippen molar-refractivity contribution in [2.24, 2.45) is 0 Å². The maximum atomic E-state index is 12.3. The van der Waals surface area contributed by atoms with Crippen molar-refractivity contribution in [3.8, 4) is 5.75 Å². The second-order valence-electron chi connectivity index (χ2n) is 6.06. The van der Waals surface area contributed by atoms with Gasteiger partial charge in [0, 0.05) is 37.5 Å². The molecule has 0 aliphatic carbocycles. The highest BCUT2D eigenvalue weighted by atomic mass is 16.5. The standard InChI is InChI=1S/C18H24N2O4/c1-13(21)6-7-17(22)20-10-8-15(9-11-20)19-18(23)14-4-3-5-16(12-14)24-2/h3-5,12,15H,6-11H2,1-2H3,(H,19,23). The van der Waals surface area contributed by atoms with Gasteiger partial charge in [-0.05, 0) is 38.0 Å². The molecule has 1 aromatic rings. The summed E-state index contributed by atoms with van der Waals surface area (Å²) in [6.45, 7) is 2.72. The maximum absolute atomic E-state index is 12.3. The van der Waals surface area contributed by atoms with Gasteiger partial charge in [0.15, 0.2) is 0 Å². The monoisotopic (exact) mass is 332 g/mol. The summed E-state index contributed by atoms with van der Waals surface area (Å²) in [5, 5.41) is 3.01. The molecule has 1 N–H and O–H groups in total. The fraction of sp³-hybridized carbons (Fsp3) is 0.500. The number of ether oxygens (including phenoxy) is 1. The predicted octanol–water partition coefficient (Wildman–Crippen LogP) is 1.79. The van der Waals surface area contributed by atoms with Crippen LogP contribution in [0.4, 0.5) is 0 Å². The number of nitrogens with one attached hydrogen (secondary N) is 1. The third-order valence-electron chi connectivity index (χ3n) is 4.21. The predicted molar refractivity (Wildman–Crippen MR) is 90.0 cm³/mol. The Morgan fingerprint density at radius 3 is 2.54 bits per heavy atom. The molecule has 6 heteroatoms. The molecule has 0 radical (unpaired) electrons. The molecular formula is C18H24N2O4. The Morgan fingerprint density at radius 1 is 1.21 bits per heavy atom. The Hall–Kier alpha value is -2.37. The van der Waals surface area contributed by atoms with E-state index in [0.29, 0.717) is 30.8 Å². The minimum Gasteiger partial charge on any atom is -0.497 e. The number of carbonyl (C=O) groups excluding carboxylic acids is 3. The van der Waals surface area contributed by atoms with Crippen molar-refractivity contribution in [2.45, 2.75) is 38.6 Å². The molecule has 2 amide bonds. The van der Waals surface area contributed by atoms with E-state index in [2.05, 4.69) is 5.32 Å². The van der Waals surface area contributed by atoms with Crippen LogP contribution in [-0.2, 0) is 9.59 Å². The van der Waals surface area contributed by atoms with Gasteiger partial charge in [-0.2, -0.15) is 0 Å². The molecule has 0 atom stereocenters. The highest BCUT2D eigenvalue weighted by molar-refractivity contribution is 5.94. The van der Waals surface area contributed by atoms with Crippen LogP contribution in [-0.4, -0.2) is 48.7 Å². The van der Waals surface area contributed by atoms with Crippen molar-refractivity contribution in [1.29, 1.82) is 0 Å². The van der Waals surface area contributed by atoms with Gasteiger partial charge in [0.1, 0.15) is 11.5 Å². The molecule has 0 saturated carbocycles. The topological polar surface area (TPSA) is 75.7 Å². The molecule has 1 aromatic carbocycles. The summed E-state index contributed by atoms with van der Waals surface area (Å²) in [4.78, 5) is 37.0. The van der Waals surface area contributed by atoms with Crippen molar-refractivity contribution in [3.05, 3.63) is 29.8 Å². The van der Waals surface area contributed by atoms with Crippen LogP contribution in [0.5, 0.6) is 5.75 Å². The molecule has 1 aliphatic rings. The van der Waals surface area contributed by atoms with E-state index in [1.807, 2.05) is 0 Å². The van der Waals surface area contributed by atoms with Gasteiger partial charge in [-0.1, -0.05) is 6.07 Å². The summed E-state index contributed by atoms with van der Waals surface area (Å²) in [7, 11) is 1.57. The van der Waals surface area contributed by atoms with E-state index >= 15 is 0 Å². The molecule has 1 heterocycles. The number of rotatable bonds is 6. The number of hydrogen-bond acceptors (Lipinski definition) is 4. The second kappa shape index (κ2) is 8.47. The molecule has 1 fully saturated rings. The van der Waals surface area contributed by atoms with Gasteiger partial charge >= 0.3 is 0 Å². The minimum absolute atomic E-state index is 0.0165. The fourth-order valence-corrected chi connectivity index (χ4v) is 2.75. The minimum atomic E-state index is -0.129. The lowest BCUT2D eigenvalue weighted by Gasteiger charge is -2.32. The first-order valence-corrected chi connectivity index (χ1v) is 8.21. The molecule has 0 bridgehead atoms. The molecule has 0 aromatic heterocycles. The Balaban J connectivity index is 1.81. The lowest BCUT2D eigenvalue weighted by atomic mass is 10.0. The third kappa shape index (κ3) is 5.08. The highest BCUT2D eigenvalue weighted by Crippen LogP contribution is 2.15. The van der Waals surface area contributed by atoms with Crippen LogP contribution in [0.15, 0.2) is 24.3 Å². The number of methoxy groups -OCH3 is 1. The quantitative estimate of drug-likeness (QED) is 0.862. The fourth-order valence-electron chi connectivity index (χ4n) is 2.75. The summed E-state index contributed by atoms with van der Waals surface area (Å²) in [6, 6.07) is 7.08.